The number of rotatable bonds is 8. The molecule has 0 atom stereocenters. The van der Waals surface area contributed by atoms with E-state index >= 15 is 0 Å². The Kier molecular flexibility index (Phi) is 5.51. The molecule has 0 aliphatic rings. The molecule has 116 valence electrons. The smallest absolute Gasteiger partial charge is 0.242 e. The van der Waals surface area contributed by atoms with E-state index in [0.29, 0.717) is 17.1 Å². The fourth-order valence-corrected chi connectivity index (χ4v) is 4.29. The van der Waals surface area contributed by atoms with Gasteiger partial charge in [0.05, 0.1) is 17.1 Å². The van der Waals surface area contributed by atoms with Crippen LogP contribution >= 0.6 is 11.3 Å². The van der Waals surface area contributed by atoms with Crippen LogP contribution in [0.4, 0.5) is 0 Å². The molecule has 2 rings (SSSR count). The first-order valence-electron chi connectivity index (χ1n) is 6.78. The Hall–Kier alpha value is -1.22. The Labute approximate surface area is 129 Å². The highest BCUT2D eigenvalue weighted by Gasteiger charge is 2.19. The zero-order valence-corrected chi connectivity index (χ0v) is 13.8. The molecule has 0 bridgehead atoms. The van der Waals surface area contributed by atoms with E-state index in [0.717, 1.165) is 17.8 Å². The molecule has 0 fully saturated rings. The van der Waals surface area contributed by atoms with E-state index in [2.05, 4.69) is 22.1 Å². The normalized spacial score (nSPS) is 11.9. The van der Waals surface area contributed by atoms with Crippen molar-refractivity contribution >= 4 is 21.4 Å². The molecule has 0 spiro atoms. The summed E-state index contributed by atoms with van der Waals surface area (Å²) in [6, 6.07) is 3.44. The van der Waals surface area contributed by atoms with Gasteiger partial charge in [0.2, 0.25) is 10.0 Å². The predicted molar refractivity (Wildman–Crippen MR) is 83.6 cm³/mol. The summed E-state index contributed by atoms with van der Waals surface area (Å²) in [6.07, 6.45) is 2.81. The molecule has 2 N–H and O–H groups in total. The van der Waals surface area contributed by atoms with Crippen LogP contribution in [0.1, 0.15) is 23.9 Å². The highest BCUT2D eigenvalue weighted by Crippen LogP contribution is 2.21. The largest absolute Gasteiger partial charge is 0.312 e. The Morgan fingerprint density at radius 3 is 2.81 bits per heavy atom. The molecule has 8 heteroatoms. The third-order valence-electron chi connectivity index (χ3n) is 2.92. The average Bonchev–Trinajstić information content (AvgIpc) is 3.06. The zero-order valence-electron chi connectivity index (χ0n) is 12.2. The summed E-state index contributed by atoms with van der Waals surface area (Å²) in [4.78, 5) is 1.18. The molecule has 0 unspecified atom stereocenters. The quantitative estimate of drug-likeness (QED) is 0.719. The van der Waals surface area contributed by atoms with Crippen LogP contribution in [0.15, 0.2) is 28.6 Å². The second-order valence-corrected chi connectivity index (χ2v) is 7.43. The zero-order chi connectivity index (χ0) is 15.3. The van der Waals surface area contributed by atoms with E-state index in [1.807, 2.05) is 0 Å². The molecule has 0 aromatic carbocycles. The number of hydrogen-bond acceptors (Lipinski definition) is 5. The van der Waals surface area contributed by atoms with Crippen LogP contribution in [0, 0.1) is 0 Å². The van der Waals surface area contributed by atoms with Crippen molar-refractivity contribution in [3.63, 3.8) is 0 Å². The average molecular weight is 328 g/mol. The summed E-state index contributed by atoms with van der Waals surface area (Å²) in [7, 11) is -1.70. The third kappa shape index (κ3) is 4.37. The molecule has 2 heterocycles. The van der Waals surface area contributed by atoms with Crippen molar-refractivity contribution in [2.45, 2.75) is 31.3 Å². The van der Waals surface area contributed by atoms with E-state index in [9.17, 15) is 8.42 Å². The summed E-state index contributed by atoms with van der Waals surface area (Å²) < 4.78 is 29.0. The Morgan fingerprint density at radius 1 is 1.33 bits per heavy atom. The minimum absolute atomic E-state index is 0.195. The lowest BCUT2D eigenvalue weighted by molar-refractivity contribution is 0.577. The van der Waals surface area contributed by atoms with Crippen molar-refractivity contribution in [2.24, 2.45) is 7.05 Å². The van der Waals surface area contributed by atoms with Crippen LogP contribution in [0.5, 0.6) is 0 Å². The number of nitrogens with zero attached hydrogens (tertiary/aromatic N) is 2. The molecular weight excluding hydrogens is 308 g/mol. The number of aryl methyl sites for hydroxylation is 1. The lowest BCUT2D eigenvalue weighted by Gasteiger charge is -2.07. The van der Waals surface area contributed by atoms with Crippen LogP contribution < -0.4 is 10.0 Å². The summed E-state index contributed by atoms with van der Waals surface area (Å²) in [5.41, 5.74) is 0.696. The molecule has 0 radical (unpaired) electrons. The summed E-state index contributed by atoms with van der Waals surface area (Å²) in [5.74, 6) is 0. The van der Waals surface area contributed by atoms with Gasteiger partial charge in [-0.3, -0.25) is 4.68 Å². The summed E-state index contributed by atoms with van der Waals surface area (Å²) in [5, 5.41) is 9.19. The maximum Gasteiger partial charge on any atom is 0.242 e. The Morgan fingerprint density at radius 2 is 2.14 bits per heavy atom. The van der Waals surface area contributed by atoms with Crippen LogP contribution in [-0.4, -0.2) is 24.7 Å². The summed E-state index contributed by atoms with van der Waals surface area (Å²) >= 11 is 1.45. The molecule has 0 aliphatic carbocycles. The fraction of sp³-hybridized carbons (Fsp3) is 0.462. The maximum atomic E-state index is 12.4. The van der Waals surface area contributed by atoms with Crippen LogP contribution in [0.2, 0.25) is 0 Å². The standard InChI is InChI=1S/C13H20N4O2S2/c1-3-6-14-10-12-13(5-8-20-12)21(18,19)15-9-11-4-7-17(2)16-11/h4-5,7-8,14-15H,3,6,9-10H2,1-2H3. The third-order valence-corrected chi connectivity index (χ3v) is 5.45. The van der Waals surface area contributed by atoms with Crippen LogP contribution in [0.25, 0.3) is 0 Å². The first-order chi connectivity index (χ1) is 10.0. The van der Waals surface area contributed by atoms with Crippen molar-refractivity contribution in [2.75, 3.05) is 6.54 Å². The highest BCUT2D eigenvalue weighted by atomic mass is 32.2. The van der Waals surface area contributed by atoms with Gasteiger partial charge in [0.25, 0.3) is 0 Å². The number of aromatic nitrogens is 2. The van der Waals surface area contributed by atoms with Gasteiger partial charge in [-0.05, 0) is 30.5 Å². The highest BCUT2D eigenvalue weighted by molar-refractivity contribution is 7.89. The van der Waals surface area contributed by atoms with Crippen molar-refractivity contribution < 1.29 is 8.42 Å². The van der Waals surface area contributed by atoms with Gasteiger partial charge >= 0.3 is 0 Å². The molecule has 6 nitrogen and oxygen atoms in total. The second-order valence-electron chi connectivity index (χ2n) is 4.69. The maximum absolute atomic E-state index is 12.4. The number of nitrogens with one attached hydrogen (secondary N) is 2. The van der Waals surface area contributed by atoms with Crippen molar-refractivity contribution in [1.82, 2.24) is 19.8 Å². The van der Waals surface area contributed by atoms with Gasteiger partial charge in [-0.1, -0.05) is 6.92 Å². The molecule has 2 aromatic rings. The van der Waals surface area contributed by atoms with Crippen molar-refractivity contribution in [3.05, 3.63) is 34.3 Å². The van der Waals surface area contributed by atoms with E-state index in [-0.39, 0.29) is 6.54 Å². The van der Waals surface area contributed by atoms with E-state index in [1.165, 1.54) is 11.3 Å². The van der Waals surface area contributed by atoms with E-state index in [4.69, 9.17) is 0 Å². The first kappa shape index (κ1) is 16.2. The Bertz CT molecular complexity index is 676. The molecular formula is C13H20N4O2S2. The topological polar surface area (TPSA) is 76.0 Å². The molecule has 0 amide bonds. The SMILES string of the molecule is CCCNCc1sccc1S(=O)(=O)NCc1ccn(C)n1. The van der Waals surface area contributed by atoms with Gasteiger partial charge in [-0.15, -0.1) is 11.3 Å². The summed E-state index contributed by atoms with van der Waals surface area (Å²) in [6.45, 7) is 3.72. The van der Waals surface area contributed by atoms with Gasteiger partial charge in [0.1, 0.15) is 0 Å². The predicted octanol–water partition coefficient (Wildman–Crippen LogP) is 1.46. The van der Waals surface area contributed by atoms with Crippen molar-refractivity contribution in [1.29, 1.82) is 0 Å². The van der Waals surface area contributed by atoms with Gasteiger partial charge in [0.15, 0.2) is 0 Å². The minimum Gasteiger partial charge on any atom is -0.312 e. The lowest BCUT2D eigenvalue weighted by Crippen LogP contribution is -2.25. The number of hydrogen-bond donors (Lipinski definition) is 2. The van der Waals surface area contributed by atoms with Crippen molar-refractivity contribution in [3.8, 4) is 0 Å². The monoisotopic (exact) mass is 328 g/mol. The molecule has 0 saturated heterocycles. The van der Waals surface area contributed by atoms with Gasteiger partial charge in [0, 0.05) is 24.7 Å². The van der Waals surface area contributed by atoms with Gasteiger partial charge in [-0.25, -0.2) is 13.1 Å². The van der Waals surface area contributed by atoms with E-state index in [1.54, 1.807) is 35.4 Å². The Balaban J connectivity index is 2.03. The lowest BCUT2D eigenvalue weighted by atomic mass is 10.4. The first-order valence-corrected chi connectivity index (χ1v) is 9.14. The second kappa shape index (κ2) is 7.17. The molecule has 21 heavy (non-hydrogen) atoms. The fourth-order valence-electron chi connectivity index (χ4n) is 1.88. The van der Waals surface area contributed by atoms with Crippen LogP contribution in [0.3, 0.4) is 0 Å². The molecule has 2 aromatic heterocycles. The van der Waals surface area contributed by atoms with Crippen LogP contribution in [-0.2, 0) is 30.2 Å². The number of sulfonamides is 1. The van der Waals surface area contributed by atoms with E-state index < -0.39 is 10.0 Å². The molecule has 0 aliphatic heterocycles. The number of thiophene rings is 1. The minimum atomic E-state index is -3.50. The van der Waals surface area contributed by atoms with Gasteiger partial charge < -0.3 is 5.32 Å². The van der Waals surface area contributed by atoms with Gasteiger partial charge in [-0.2, -0.15) is 5.10 Å². The molecule has 0 saturated carbocycles.